The highest BCUT2D eigenvalue weighted by Crippen LogP contribution is 2.43. The van der Waals surface area contributed by atoms with Gasteiger partial charge in [-0.1, -0.05) is 32.4 Å². The number of phenolic OH excluding ortho intramolecular Hbond substituents is 1. The van der Waals surface area contributed by atoms with E-state index in [0.717, 1.165) is 12.1 Å². The fourth-order valence-corrected chi connectivity index (χ4v) is 2.05. The van der Waals surface area contributed by atoms with Crippen molar-refractivity contribution < 1.29 is 18.3 Å². The first kappa shape index (κ1) is 13.2. The van der Waals surface area contributed by atoms with Gasteiger partial charge >= 0.3 is 6.18 Å². The highest BCUT2D eigenvalue weighted by molar-refractivity contribution is 6.32. The Hall–Kier alpha value is -0.900. The van der Waals surface area contributed by atoms with Crippen molar-refractivity contribution in [3.05, 3.63) is 28.3 Å². The van der Waals surface area contributed by atoms with Gasteiger partial charge in [-0.05, 0) is 17.5 Å². The maximum atomic E-state index is 12.6. The maximum Gasteiger partial charge on any atom is 0.417 e. The van der Waals surface area contributed by atoms with Gasteiger partial charge in [0.2, 0.25) is 0 Å². The quantitative estimate of drug-likeness (QED) is 0.727. The molecule has 1 aromatic rings. The lowest BCUT2D eigenvalue weighted by Gasteiger charge is -2.24. The molecule has 5 heteroatoms. The number of benzene rings is 1. The summed E-state index contributed by atoms with van der Waals surface area (Å²) in [6.45, 7) is 5.07. The van der Waals surface area contributed by atoms with Gasteiger partial charge in [-0.3, -0.25) is 0 Å². The van der Waals surface area contributed by atoms with E-state index in [4.69, 9.17) is 11.6 Å². The molecule has 1 N–H and O–H groups in total. The molecule has 0 aliphatic rings. The molecule has 0 atom stereocenters. The smallest absolute Gasteiger partial charge is 0.417 e. The molecule has 16 heavy (non-hydrogen) atoms. The number of rotatable bonds is 0. The monoisotopic (exact) mass is 252 g/mol. The summed E-state index contributed by atoms with van der Waals surface area (Å²) in [6.07, 6.45) is -4.51. The Morgan fingerprint density at radius 1 is 1.12 bits per heavy atom. The summed E-state index contributed by atoms with van der Waals surface area (Å²) in [6, 6.07) is 1.81. The molecule has 0 saturated carbocycles. The highest BCUT2D eigenvalue weighted by Gasteiger charge is 2.36. The number of alkyl halides is 3. The Balaban J connectivity index is 3.52. The SMILES string of the molecule is CC(C)(C)c1c(O)ccc(C(F)(F)F)c1Cl. The lowest BCUT2D eigenvalue weighted by molar-refractivity contribution is -0.137. The van der Waals surface area contributed by atoms with Crippen molar-refractivity contribution in [1.29, 1.82) is 0 Å². The van der Waals surface area contributed by atoms with Crippen LogP contribution in [0.25, 0.3) is 0 Å². The van der Waals surface area contributed by atoms with Crippen molar-refractivity contribution in [3.63, 3.8) is 0 Å². The first-order valence-corrected chi connectivity index (χ1v) is 5.02. The van der Waals surface area contributed by atoms with Crippen LogP contribution in [0.3, 0.4) is 0 Å². The van der Waals surface area contributed by atoms with Crippen molar-refractivity contribution in [2.24, 2.45) is 0 Å². The van der Waals surface area contributed by atoms with Crippen LogP contribution in [-0.4, -0.2) is 5.11 Å². The molecule has 0 spiro atoms. The Morgan fingerprint density at radius 3 is 2.00 bits per heavy atom. The zero-order valence-electron chi connectivity index (χ0n) is 9.11. The zero-order valence-corrected chi connectivity index (χ0v) is 9.87. The van der Waals surface area contributed by atoms with E-state index in [2.05, 4.69) is 0 Å². The minimum Gasteiger partial charge on any atom is -0.508 e. The Labute approximate surface area is 96.9 Å². The van der Waals surface area contributed by atoms with E-state index >= 15 is 0 Å². The number of phenols is 1. The summed E-state index contributed by atoms with van der Waals surface area (Å²) in [4.78, 5) is 0. The Bertz CT molecular complexity index is 405. The van der Waals surface area contributed by atoms with Crippen LogP contribution in [0.2, 0.25) is 5.02 Å². The minimum absolute atomic E-state index is 0.115. The van der Waals surface area contributed by atoms with E-state index < -0.39 is 22.2 Å². The van der Waals surface area contributed by atoms with Crippen LogP contribution >= 0.6 is 11.6 Å². The summed E-state index contributed by atoms with van der Waals surface area (Å²) in [5.41, 5.74) is -1.46. The third kappa shape index (κ3) is 2.43. The van der Waals surface area contributed by atoms with Crippen molar-refractivity contribution >= 4 is 11.6 Å². The normalized spacial score (nSPS) is 12.9. The molecule has 0 aromatic heterocycles. The van der Waals surface area contributed by atoms with E-state index in [9.17, 15) is 18.3 Å². The molecule has 0 aliphatic heterocycles. The lowest BCUT2D eigenvalue weighted by Crippen LogP contribution is -2.15. The number of halogens is 4. The second kappa shape index (κ2) is 3.84. The minimum atomic E-state index is -4.51. The molecule has 0 heterocycles. The largest absolute Gasteiger partial charge is 0.508 e. The lowest BCUT2D eigenvalue weighted by atomic mass is 9.85. The van der Waals surface area contributed by atoms with Crippen molar-refractivity contribution in [2.75, 3.05) is 0 Å². The number of hydrogen-bond acceptors (Lipinski definition) is 1. The molecule has 1 aromatic carbocycles. The van der Waals surface area contributed by atoms with Crippen molar-refractivity contribution in [3.8, 4) is 5.75 Å². The average Bonchev–Trinajstić information content (AvgIpc) is 1.97. The molecule has 90 valence electrons. The first-order chi connectivity index (χ1) is 7.05. The standard InChI is InChI=1S/C11H12ClF3O/c1-10(2,3)8-7(16)5-4-6(9(8)12)11(13,14)15/h4-5,16H,1-3H3. The summed E-state index contributed by atoms with van der Waals surface area (Å²) < 4.78 is 37.7. The molecule has 0 fully saturated rings. The topological polar surface area (TPSA) is 20.2 Å². The fourth-order valence-electron chi connectivity index (χ4n) is 1.50. The van der Waals surface area contributed by atoms with Crippen LogP contribution in [0, 0.1) is 0 Å². The summed E-state index contributed by atoms with van der Waals surface area (Å²) in [5.74, 6) is -0.217. The van der Waals surface area contributed by atoms with E-state index in [1.165, 1.54) is 0 Å². The molecule has 0 amide bonds. The molecule has 1 rings (SSSR count). The van der Waals surface area contributed by atoms with Gasteiger partial charge in [0.05, 0.1) is 10.6 Å². The van der Waals surface area contributed by atoms with E-state index in [1.807, 2.05) is 0 Å². The van der Waals surface area contributed by atoms with E-state index in [0.29, 0.717) is 0 Å². The summed E-state index contributed by atoms with van der Waals surface area (Å²) in [7, 11) is 0. The van der Waals surface area contributed by atoms with Gasteiger partial charge in [-0.15, -0.1) is 0 Å². The third-order valence-electron chi connectivity index (χ3n) is 2.18. The Morgan fingerprint density at radius 2 is 1.62 bits per heavy atom. The van der Waals surface area contributed by atoms with Crippen LogP contribution in [0.1, 0.15) is 31.9 Å². The van der Waals surface area contributed by atoms with Crippen LogP contribution in [-0.2, 0) is 11.6 Å². The van der Waals surface area contributed by atoms with E-state index in [1.54, 1.807) is 20.8 Å². The molecule has 0 unspecified atom stereocenters. The van der Waals surface area contributed by atoms with Gasteiger partial charge in [0.15, 0.2) is 0 Å². The second-order valence-corrected chi connectivity index (χ2v) is 4.95. The second-order valence-electron chi connectivity index (χ2n) is 4.57. The first-order valence-electron chi connectivity index (χ1n) is 4.64. The summed E-state index contributed by atoms with van der Waals surface area (Å²) in [5, 5.41) is 9.13. The predicted molar refractivity (Wildman–Crippen MR) is 56.8 cm³/mol. The van der Waals surface area contributed by atoms with Crippen LogP contribution in [0.15, 0.2) is 12.1 Å². The molecule has 1 nitrogen and oxygen atoms in total. The molecule has 0 radical (unpaired) electrons. The Kier molecular flexibility index (Phi) is 3.16. The van der Waals surface area contributed by atoms with Gasteiger partial charge in [0.1, 0.15) is 5.75 Å². The maximum absolute atomic E-state index is 12.6. The van der Waals surface area contributed by atoms with Crippen molar-refractivity contribution in [1.82, 2.24) is 0 Å². The molecule has 0 aliphatic carbocycles. The molecular weight excluding hydrogens is 241 g/mol. The van der Waals surface area contributed by atoms with Crippen molar-refractivity contribution in [2.45, 2.75) is 32.4 Å². The molecule has 0 saturated heterocycles. The van der Waals surface area contributed by atoms with Gasteiger partial charge in [-0.25, -0.2) is 0 Å². The van der Waals surface area contributed by atoms with Crippen LogP contribution < -0.4 is 0 Å². The molecular formula is C11H12ClF3O. The fraction of sp³-hybridized carbons (Fsp3) is 0.455. The van der Waals surface area contributed by atoms with Crippen LogP contribution in [0.4, 0.5) is 13.2 Å². The van der Waals surface area contributed by atoms with Gasteiger partial charge in [0.25, 0.3) is 0 Å². The highest BCUT2D eigenvalue weighted by atomic mass is 35.5. The number of hydrogen-bond donors (Lipinski definition) is 1. The van der Waals surface area contributed by atoms with Gasteiger partial charge in [0, 0.05) is 5.56 Å². The number of aromatic hydroxyl groups is 1. The van der Waals surface area contributed by atoms with Gasteiger partial charge in [-0.2, -0.15) is 13.2 Å². The average molecular weight is 253 g/mol. The zero-order chi connectivity index (χ0) is 12.7. The third-order valence-corrected chi connectivity index (χ3v) is 2.57. The summed E-state index contributed by atoms with van der Waals surface area (Å²) >= 11 is 5.70. The van der Waals surface area contributed by atoms with Gasteiger partial charge < -0.3 is 5.11 Å². The predicted octanol–water partition coefficient (Wildman–Crippen LogP) is 4.36. The molecule has 0 bridgehead atoms. The van der Waals surface area contributed by atoms with Crippen LogP contribution in [0.5, 0.6) is 5.75 Å². The van der Waals surface area contributed by atoms with E-state index in [-0.39, 0.29) is 11.3 Å².